The molecule has 1 aromatic carbocycles. The minimum Gasteiger partial charge on any atom is -0.314 e. The lowest BCUT2D eigenvalue weighted by molar-refractivity contribution is 0.155. The van der Waals surface area contributed by atoms with Crippen LogP contribution in [-0.2, 0) is 0 Å². The van der Waals surface area contributed by atoms with Gasteiger partial charge in [-0.2, -0.15) is 0 Å². The van der Waals surface area contributed by atoms with Gasteiger partial charge in [0, 0.05) is 32.2 Å². The van der Waals surface area contributed by atoms with Crippen LogP contribution >= 0.6 is 0 Å². The molecule has 2 aliphatic rings. The Balaban J connectivity index is 1.90. The molecule has 18 heavy (non-hydrogen) atoms. The lowest BCUT2D eigenvalue weighted by atomic mass is 9.95. The van der Waals surface area contributed by atoms with Crippen LogP contribution < -0.4 is 5.32 Å². The SMILES string of the molecule is Cc1ccc(F)cc1[C@H](C1CC1)N1CCNCC1. The summed E-state index contributed by atoms with van der Waals surface area (Å²) in [6, 6.07) is 5.67. The van der Waals surface area contributed by atoms with Crippen LogP contribution in [0.5, 0.6) is 0 Å². The van der Waals surface area contributed by atoms with Gasteiger partial charge in [0.25, 0.3) is 0 Å². The van der Waals surface area contributed by atoms with Crippen LogP contribution in [-0.4, -0.2) is 31.1 Å². The van der Waals surface area contributed by atoms with Crippen molar-refractivity contribution in [2.45, 2.75) is 25.8 Å². The summed E-state index contributed by atoms with van der Waals surface area (Å²) in [6.07, 6.45) is 2.59. The molecule has 1 aliphatic heterocycles. The number of rotatable bonds is 3. The average Bonchev–Trinajstić information content (AvgIpc) is 3.20. The topological polar surface area (TPSA) is 15.3 Å². The maximum Gasteiger partial charge on any atom is 0.123 e. The van der Waals surface area contributed by atoms with Crippen molar-refractivity contribution in [1.82, 2.24) is 10.2 Å². The number of hydrogen-bond donors (Lipinski definition) is 1. The van der Waals surface area contributed by atoms with Crippen LogP contribution in [0.25, 0.3) is 0 Å². The van der Waals surface area contributed by atoms with Crippen molar-refractivity contribution < 1.29 is 4.39 Å². The van der Waals surface area contributed by atoms with E-state index in [0.717, 1.165) is 32.1 Å². The molecule has 1 atom stereocenters. The van der Waals surface area contributed by atoms with Gasteiger partial charge in [0.1, 0.15) is 5.82 Å². The molecule has 1 aromatic rings. The molecule has 0 spiro atoms. The van der Waals surface area contributed by atoms with Crippen LogP contribution in [0.4, 0.5) is 4.39 Å². The van der Waals surface area contributed by atoms with Gasteiger partial charge in [0.05, 0.1) is 0 Å². The number of nitrogens with one attached hydrogen (secondary N) is 1. The molecule has 3 rings (SSSR count). The Kier molecular flexibility index (Phi) is 3.35. The molecule has 0 unspecified atom stereocenters. The molecule has 1 N–H and O–H groups in total. The summed E-state index contributed by atoms with van der Waals surface area (Å²) >= 11 is 0. The quantitative estimate of drug-likeness (QED) is 0.884. The summed E-state index contributed by atoms with van der Waals surface area (Å²) in [5.74, 6) is 0.639. The third-order valence-corrected chi connectivity index (χ3v) is 4.17. The van der Waals surface area contributed by atoms with Crippen molar-refractivity contribution >= 4 is 0 Å². The first-order chi connectivity index (χ1) is 8.75. The van der Waals surface area contributed by atoms with Crippen molar-refractivity contribution in [3.05, 3.63) is 35.1 Å². The molecule has 98 valence electrons. The molecule has 2 fully saturated rings. The molecule has 0 bridgehead atoms. The van der Waals surface area contributed by atoms with E-state index in [4.69, 9.17) is 0 Å². The summed E-state index contributed by atoms with van der Waals surface area (Å²) < 4.78 is 13.5. The number of benzene rings is 1. The van der Waals surface area contributed by atoms with Gasteiger partial charge in [-0.25, -0.2) is 4.39 Å². The third kappa shape index (κ3) is 2.43. The van der Waals surface area contributed by atoms with E-state index in [9.17, 15) is 4.39 Å². The largest absolute Gasteiger partial charge is 0.314 e. The normalized spacial score (nSPS) is 23.0. The number of aryl methyl sites for hydroxylation is 1. The van der Waals surface area contributed by atoms with E-state index in [1.54, 1.807) is 12.1 Å². The summed E-state index contributed by atoms with van der Waals surface area (Å²) in [6.45, 7) is 6.37. The maximum atomic E-state index is 13.5. The highest BCUT2D eigenvalue weighted by atomic mass is 19.1. The lowest BCUT2D eigenvalue weighted by Crippen LogP contribution is -2.45. The summed E-state index contributed by atoms with van der Waals surface area (Å²) in [7, 11) is 0. The predicted octanol–water partition coefficient (Wildman–Crippen LogP) is 2.49. The van der Waals surface area contributed by atoms with Gasteiger partial charge < -0.3 is 5.32 Å². The lowest BCUT2D eigenvalue weighted by Gasteiger charge is -2.36. The molecular weight excluding hydrogens is 227 g/mol. The highest BCUT2D eigenvalue weighted by Gasteiger charge is 2.37. The zero-order valence-corrected chi connectivity index (χ0v) is 11.0. The monoisotopic (exact) mass is 248 g/mol. The van der Waals surface area contributed by atoms with Gasteiger partial charge >= 0.3 is 0 Å². The zero-order valence-electron chi connectivity index (χ0n) is 11.0. The van der Waals surface area contributed by atoms with Gasteiger partial charge in [0.2, 0.25) is 0 Å². The van der Waals surface area contributed by atoms with Crippen LogP contribution in [0.3, 0.4) is 0 Å². The minimum atomic E-state index is -0.101. The number of nitrogens with zero attached hydrogens (tertiary/aromatic N) is 1. The van der Waals surface area contributed by atoms with E-state index in [0.29, 0.717) is 6.04 Å². The molecule has 1 aliphatic carbocycles. The molecular formula is C15H21FN2. The highest BCUT2D eigenvalue weighted by molar-refractivity contribution is 5.31. The molecule has 2 nitrogen and oxygen atoms in total. The minimum absolute atomic E-state index is 0.101. The first-order valence-electron chi connectivity index (χ1n) is 6.96. The Morgan fingerprint density at radius 1 is 1.28 bits per heavy atom. The van der Waals surface area contributed by atoms with E-state index in [1.807, 2.05) is 6.07 Å². The fraction of sp³-hybridized carbons (Fsp3) is 0.600. The third-order valence-electron chi connectivity index (χ3n) is 4.17. The Bertz CT molecular complexity index is 423. The highest BCUT2D eigenvalue weighted by Crippen LogP contribution is 2.45. The van der Waals surface area contributed by atoms with E-state index in [1.165, 1.54) is 24.0 Å². The molecule has 1 saturated carbocycles. The Morgan fingerprint density at radius 2 is 2.00 bits per heavy atom. The van der Waals surface area contributed by atoms with Crippen molar-refractivity contribution in [3.63, 3.8) is 0 Å². The van der Waals surface area contributed by atoms with Gasteiger partial charge in [-0.05, 0) is 48.9 Å². The van der Waals surface area contributed by atoms with Crippen LogP contribution in [0.2, 0.25) is 0 Å². The van der Waals surface area contributed by atoms with Crippen molar-refractivity contribution in [1.29, 1.82) is 0 Å². The van der Waals surface area contributed by atoms with Crippen molar-refractivity contribution in [2.24, 2.45) is 5.92 Å². The van der Waals surface area contributed by atoms with Crippen molar-refractivity contribution in [2.75, 3.05) is 26.2 Å². The van der Waals surface area contributed by atoms with Gasteiger partial charge in [-0.3, -0.25) is 4.90 Å². The zero-order chi connectivity index (χ0) is 12.5. The summed E-state index contributed by atoms with van der Waals surface area (Å²) in [5.41, 5.74) is 2.44. The second kappa shape index (κ2) is 4.98. The molecule has 1 saturated heterocycles. The van der Waals surface area contributed by atoms with E-state index >= 15 is 0 Å². The van der Waals surface area contributed by atoms with E-state index in [2.05, 4.69) is 17.1 Å². The molecule has 0 amide bonds. The molecule has 0 radical (unpaired) electrons. The molecule has 3 heteroatoms. The average molecular weight is 248 g/mol. The Morgan fingerprint density at radius 3 is 2.67 bits per heavy atom. The first-order valence-corrected chi connectivity index (χ1v) is 6.96. The first kappa shape index (κ1) is 12.1. The fourth-order valence-corrected chi connectivity index (χ4v) is 3.05. The number of piperazine rings is 1. The number of halogens is 1. The molecule has 1 heterocycles. The van der Waals surface area contributed by atoms with Crippen molar-refractivity contribution in [3.8, 4) is 0 Å². The fourth-order valence-electron chi connectivity index (χ4n) is 3.05. The number of hydrogen-bond acceptors (Lipinski definition) is 2. The smallest absolute Gasteiger partial charge is 0.123 e. The maximum absolute atomic E-state index is 13.5. The van der Waals surface area contributed by atoms with E-state index < -0.39 is 0 Å². The Hall–Kier alpha value is -0.930. The van der Waals surface area contributed by atoms with Gasteiger partial charge in [-0.15, -0.1) is 0 Å². The van der Waals surface area contributed by atoms with Crippen LogP contribution in [0.1, 0.15) is 30.0 Å². The summed E-state index contributed by atoms with van der Waals surface area (Å²) in [4.78, 5) is 2.54. The van der Waals surface area contributed by atoms with Crippen LogP contribution in [0, 0.1) is 18.7 Å². The molecule has 0 aromatic heterocycles. The van der Waals surface area contributed by atoms with E-state index in [-0.39, 0.29) is 5.82 Å². The van der Waals surface area contributed by atoms with Gasteiger partial charge in [-0.1, -0.05) is 6.07 Å². The standard InChI is InChI=1S/C15H21FN2/c1-11-2-5-13(16)10-14(11)15(12-3-4-12)18-8-6-17-7-9-18/h2,5,10,12,15,17H,3-4,6-9H2,1H3/t15-/m0/s1. The van der Waals surface area contributed by atoms with Crippen LogP contribution in [0.15, 0.2) is 18.2 Å². The van der Waals surface area contributed by atoms with Gasteiger partial charge in [0.15, 0.2) is 0 Å². The summed E-state index contributed by atoms with van der Waals surface area (Å²) in [5, 5.41) is 3.39. The second-order valence-corrected chi connectivity index (χ2v) is 5.57. The Labute approximate surface area is 108 Å². The predicted molar refractivity (Wildman–Crippen MR) is 71.0 cm³/mol. The second-order valence-electron chi connectivity index (χ2n) is 5.57.